The Balaban J connectivity index is 1.66. The molecule has 0 aliphatic carbocycles. The molecule has 10 heteroatoms. The number of carbonyl (C=O) groups is 1. The van der Waals surface area contributed by atoms with E-state index in [9.17, 15) is 13.2 Å². The van der Waals surface area contributed by atoms with Crippen LogP contribution in [0.25, 0.3) is 0 Å². The molecule has 2 N–H and O–H groups in total. The lowest BCUT2D eigenvalue weighted by atomic mass is 10.1. The second-order valence-corrected chi connectivity index (χ2v) is 8.80. The van der Waals surface area contributed by atoms with Gasteiger partial charge in [0.1, 0.15) is 11.4 Å². The Morgan fingerprint density at radius 1 is 1.07 bits per heavy atom. The number of sulfonamides is 1. The quantitative estimate of drug-likeness (QED) is 0.568. The Labute approximate surface area is 178 Å². The standard InChI is InChI=1S/C19H17Cl2N3O4S/c1-11-19(12(2)28-23-11)22-18(25)9-13-3-5-14(6-4-13)24-29(26,27)15-7-8-16(20)17(21)10-15/h3-8,10,24H,9H2,1-2H3,(H,22,25). The van der Waals surface area contributed by atoms with Crippen LogP contribution in [0.15, 0.2) is 51.9 Å². The van der Waals surface area contributed by atoms with Gasteiger partial charge in [0, 0.05) is 5.69 Å². The molecule has 0 radical (unpaired) electrons. The van der Waals surface area contributed by atoms with E-state index in [0.717, 1.165) is 0 Å². The molecule has 3 rings (SSSR count). The highest BCUT2D eigenvalue weighted by Gasteiger charge is 2.16. The Morgan fingerprint density at radius 2 is 1.76 bits per heavy atom. The fraction of sp³-hybridized carbons (Fsp3) is 0.158. The number of hydrogen-bond donors (Lipinski definition) is 2. The predicted molar refractivity (Wildman–Crippen MR) is 112 cm³/mol. The SMILES string of the molecule is Cc1noc(C)c1NC(=O)Cc1ccc(NS(=O)(=O)c2ccc(Cl)c(Cl)c2)cc1. The summed E-state index contributed by atoms with van der Waals surface area (Å²) in [5.74, 6) is 0.298. The number of halogens is 2. The van der Waals surface area contributed by atoms with E-state index >= 15 is 0 Å². The van der Waals surface area contributed by atoms with E-state index in [-0.39, 0.29) is 27.3 Å². The number of hydrogen-bond acceptors (Lipinski definition) is 5. The van der Waals surface area contributed by atoms with Gasteiger partial charge in [0.25, 0.3) is 10.0 Å². The number of aryl methyl sites for hydroxylation is 2. The Morgan fingerprint density at radius 3 is 2.34 bits per heavy atom. The van der Waals surface area contributed by atoms with Crippen LogP contribution in [-0.2, 0) is 21.2 Å². The number of carbonyl (C=O) groups excluding carboxylic acids is 1. The normalized spacial score (nSPS) is 11.3. The number of nitrogens with zero attached hydrogens (tertiary/aromatic N) is 1. The molecule has 0 saturated heterocycles. The van der Waals surface area contributed by atoms with Crippen LogP contribution in [0.1, 0.15) is 17.0 Å². The van der Waals surface area contributed by atoms with Crippen molar-refractivity contribution in [2.24, 2.45) is 0 Å². The summed E-state index contributed by atoms with van der Waals surface area (Å²) >= 11 is 11.7. The number of anilines is 2. The first-order valence-corrected chi connectivity index (χ1v) is 10.7. The molecule has 0 bridgehead atoms. The van der Waals surface area contributed by atoms with Gasteiger partial charge in [-0.15, -0.1) is 0 Å². The van der Waals surface area contributed by atoms with Crippen LogP contribution >= 0.6 is 23.2 Å². The number of aromatic nitrogens is 1. The summed E-state index contributed by atoms with van der Waals surface area (Å²) in [6, 6.07) is 10.5. The van der Waals surface area contributed by atoms with Gasteiger partial charge in [0.2, 0.25) is 5.91 Å². The van der Waals surface area contributed by atoms with E-state index < -0.39 is 10.0 Å². The molecule has 1 aromatic heterocycles. The summed E-state index contributed by atoms with van der Waals surface area (Å²) in [6.07, 6.45) is 0.115. The van der Waals surface area contributed by atoms with Crippen molar-refractivity contribution in [3.8, 4) is 0 Å². The summed E-state index contributed by atoms with van der Waals surface area (Å²) < 4.78 is 32.4. The third kappa shape index (κ3) is 5.09. The highest BCUT2D eigenvalue weighted by atomic mass is 35.5. The van der Waals surface area contributed by atoms with Gasteiger partial charge in [0.05, 0.1) is 21.4 Å². The van der Waals surface area contributed by atoms with E-state index in [1.165, 1.54) is 18.2 Å². The average molecular weight is 454 g/mol. The zero-order valence-electron chi connectivity index (χ0n) is 15.5. The van der Waals surface area contributed by atoms with Gasteiger partial charge in [0.15, 0.2) is 5.76 Å². The highest BCUT2D eigenvalue weighted by molar-refractivity contribution is 7.92. The molecule has 1 amide bonds. The first kappa shape index (κ1) is 21.2. The highest BCUT2D eigenvalue weighted by Crippen LogP contribution is 2.26. The van der Waals surface area contributed by atoms with Gasteiger partial charge >= 0.3 is 0 Å². The molecule has 3 aromatic rings. The lowest BCUT2D eigenvalue weighted by Gasteiger charge is -2.10. The van der Waals surface area contributed by atoms with Crippen LogP contribution in [0.2, 0.25) is 10.0 Å². The third-order valence-corrected chi connectivity index (χ3v) is 6.19. The van der Waals surface area contributed by atoms with Crippen LogP contribution in [0, 0.1) is 13.8 Å². The van der Waals surface area contributed by atoms with E-state index in [4.69, 9.17) is 27.7 Å². The number of rotatable bonds is 6. The van der Waals surface area contributed by atoms with E-state index in [1.807, 2.05) is 0 Å². The number of nitrogens with one attached hydrogen (secondary N) is 2. The van der Waals surface area contributed by atoms with Crippen molar-refractivity contribution in [2.45, 2.75) is 25.2 Å². The zero-order valence-corrected chi connectivity index (χ0v) is 17.8. The minimum absolute atomic E-state index is 0.00480. The number of benzene rings is 2. The van der Waals surface area contributed by atoms with Crippen molar-refractivity contribution in [2.75, 3.05) is 10.0 Å². The summed E-state index contributed by atoms with van der Waals surface area (Å²) in [4.78, 5) is 12.2. The van der Waals surface area contributed by atoms with Crippen LogP contribution in [0.5, 0.6) is 0 Å². The first-order valence-electron chi connectivity index (χ1n) is 8.45. The maximum Gasteiger partial charge on any atom is 0.261 e. The molecule has 2 aromatic carbocycles. The summed E-state index contributed by atoms with van der Waals surface area (Å²) in [5.41, 5.74) is 2.22. The van der Waals surface area contributed by atoms with Crippen molar-refractivity contribution < 1.29 is 17.7 Å². The molecule has 1 heterocycles. The first-order chi connectivity index (χ1) is 13.7. The topological polar surface area (TPSA) is 101 Å². The third-order valence-electron chi connectivity index (χ3n) is 4.07. The maximum absolute atomic E-state index is 12.5. The van der Waals surface area contributed by atoms with Crippen molar-refractivity contribution >= 4 is 50.5 Å². The largest absolute Gasteiger partial charge is 0.359 e. The molecule has 0 aliphatic heterocycles. The molecule has 7 nitrogen and oxygen atoms in total. The van der Waals surface area contributed by atoms with E-state index in [1.54, 1.807) is 38.1 Å². The lowest BCUT2D eigenvalue weighted by Crippen LogP contribution is -2.15. The van der Waals surface area contributed by atoms with Gasteiger partial charge in [-0.05, 0) is 49.7 Å². The molecule has 0 aliphatic rings. The van der Waals surface area contributed by atoms with Crippen LogP contribution in [0.3, 0.4) is 0 Å². The van der Waals surface area contributed by atoms with Crippen molar-refractivity contribution in [3.63, 3.8) is 0 Å². The summed E-state index contributed by atoms with van der Waals surface area (Å²) in [7, 11) is -3.82. The van der Waals surface area contributed by atoms with Gasteiger partial charge in [-0.3, -0.25) is 9.52 Å². The van der Waals surface area contributed by atoms with Crippen LogP contribution in [-0.4, -0.2) is 19.5 Å². The average Bonchev–Trinajstić information content (AvgIpc) is 2.97. The van der Waals surface area contributed by atoms with Crippen molar-refractivity contribution in [1.82, 2.24) is 5.16 Å². The minimum atomic E-state index is -3.82. The van der Waals surface area contributed by atoms with Crippen LogP contribution in [0.4, 0.5) is 11.4 Å². The molecule has 0 fully saturated rings. The molecular weight excluding hydrogens is 437 g/mol. The maximum atomic E-state index is 12.5. The second kappa shape index (κ2) is 8.44. The van der Waals surface area contributed by atoms with Crippen molar-refractivity contribution in [1.29, 1.82) is 0 Å². The predicted octanol–water partition coefficient (Wildman–Crippen LogP) is 4.58. The Kier molecular flexibility index (Phi) is 6.16. The van der Waals surface area contributed by atoms with Crippen LogP contribution < -0.4 is 10.0 Å². The number of amides is 1. The fourth-order valence-electron chi connectivity index (χ4n) is 2.58. The van der Waals surface area contributed by atoms with Crippen molar-refractivity contribution in [3.05, 3.63) is 69.5 Å². The smallest absolute Gasteiger partial charge is 0.261 e. The fourth-order valence-corrected chi connectivity index (χ4v) is 4.03. The zero-order chi connectivity index (χ0) is 21.2. The van der Waals surface area contributed by atoms with E-state index in [0.29, 0.717) is 28.4 Å². The van der Waals surface area contributed by atoms with Gasteiger partial charge < -0.3 is 9.84 Å². The molecule has 0 unspecified atom stereocenters. The summed E-state index contributed by atoms with van der Waals surface area (Å²) in [6.45, 7) is 3.45. The Hall–Kier alpha value is -2.55. The van der Waals surface area contributed by atoms with Gasteiger partial charge in [-0.25, -0.2) is 8.42 Å². The molecule has 0 saturated carbocycles. The molecular formula is C19H17Cl2N3O4S. The van der Waals surface area contributed by atoms with Gasteiger partial charge in [-0.1, -0.05) is 40.5 Å². The molecule has 0 atom stereocenters. The lowest BCUT2D eigenvalue weighted by molar-refractivity contribution is -0.115. The van der Waals surface area contributed by atoms with E-state index in [2.05, 4.69) is 15.2 Å². The molecule has 152 valence electrons. The minimum Gasteiger partial charge on any atom is -0.359 e. The van der Waals surface area contributed by atoms with Gasteiger partial charge in [-0.2, -0.15) is 0 Å². The molecule has 0 spiro atoms. The summed E-state index contributed by atoms with van der Waals surface area (Å²) in [5, 5.41) is 6.96. The second-order valence-electron chi connectivity index (χ2n) is 6.30. The Bertz CT molecular complexity index is 1140. The molecule has 29 heavy (non-hydrogen) atoms. The monoisotopic (exact) mass is 453 g/mol.